The lowest BCUT2D eigenvalue weighted by Crippen LogP contribution is -2.28. The number of halogens is 1. The maximum Gasteiger partial charge on any atom is 0.241 e. The predicted octanol–water partition coefficient (Wildman–Crippen LogP) is 3.97. The average molecular weight is 340 g/mol. The van der Waals surface area contributed by atoms with E-state index in [1.54, 1.807) is 0 Å². The molecule has 0 bridgehead atoms. The van der Waals surface area contributed by atoms with E-state index in [0.29, 0.717) is 5.95 Å². The number of benzene rings is 2. The Morgan fingerprint density at radius 2 is 2.04 bits per heavy atom. The van der Waals surface area contributed by atoms with E-state index in [2.05, 4.69) is 46.6 Å². The van der Waals surface area contributed by atoms with Gasteiger partial charge in [0.05, 0.1) is 12.1 Å². The predicted molar refractivity (Wildman–Crippen MR) is 96.2 cm³/mol. The molecule has 0 saturated carbocycles. The van der Waals surface area contributed by atoms with Gasteiger partial charge in [0, 0.05) is 5.02 Å². The fourth-order valence-corrected chi connectivity index (χ4v) is 3.58. The van der Waals surface area contributed by atoms with Crippen molar-refractivity contribution in [1.82, 2.24) is 14.8 Å². The Kier molecular flexibility index (Phi) is 3.65. The lowest BCUT2D eigenvalue weighted by Gasteiger charge is -2.32. The lowest BCUT2D eigenvalue weighted by molar-refractivity contribution is 0.431. The molecule has 0 spiro atoms. The SMILES string of the molecule is Cc1cccc([C@@H]2C[C@H](c3ccccc3Cl)Nc3nc(N)nn32)c1. The van der Waals surface area contributed by atoms with Crippen LogP contribution in [0.5, 0.6) is 0 Å². The summed E-state index contributed by atoms with van der Waals surface area (Å²) in [6, 6.07) is 16.5. The minimum Gasteiger partial charge on any atom is -0.366 e. The number of nitrogens with two attached hydrogens (primary N) is 1. The van der Waals surface area contributed by atoms with Crippen molar-refractivity contribution in [1.29, 1.82) is 0 Å². The molecule has 2 atom stereocenters. The van der Waals surface area contributed by atoms with Crippen molar-refractivity contribution in [3.63, 3.8) is 0 Å². The number of hydrogen-bond donors (Lipinski definition) is 2. The third-order valence-corrected chi connectivity index (χ3v) is 4.76. The third kappa shape index (κ3) is 2.61. The molecule has 24 heavy (non-hydrogen) atoms. The van der Waals surface area contributed by atoms with E-state index in [4.69, 9.17) is 17.3 Å². The van der Waals surface area contributed by atoms with E-state index in [0.717, 1.165) is 17.0 Å². The minimum atomic E-state index is 0.0558. The number of aromatic nitrogens is 3. The molecule has 2 heterocycles. The third-order valence-electron chi connectivity index (χ3n) is 4.41. The summed E-state index contributed by atoms with van der Waals surface area (Å²) in [5.74, 6) is 0.949. The smallest absolute Gasteiger partial charge is 0.241 e. The van der Waals surface area contributed by atoms with E-state index in [-0.39, 0.29) is 18.0 Å². The fraction of sp³-hybridized carbons (Fsp3) is 0.222. The zero-order valence-corrected chi connectivity index (χ0v) is 14.0. The Bertz CT molecular complexity index is 889. The van der Waals surface area contributed by atoms with Gasteiger partial charge in [0.1, 0.15) is 0 Å². The number of nitrogens with one attached hydrogen (secondary N) is 1. The van der Waals surface area contributed by atoms with Gasteiger partial charge in [-0.25, -0.2) is 4.68 Å². The quantitative estimate of drug-likeness (QED) is 0.741. The van der Waals surface area contributed by atoms with Gasteiger partial charge in [-0.2, -0.15) is 4.98 Å². The molecule has 3 aromatic rings. The minimum absolute atomic E-state index is 0.0558. The van der Waals surface area contributed by atoms with Gasteiger partial charge in [-0.1, -0.05) is 59.6 Å². The molecule has 0 amide bonds. The van der Waals surface area contributed by atoms with Crippen LogP contribution in [-0.2, 0) is 0 Å². The van der Waals surface area contributed by atoms with Gasteiger partial charge in [-0.15, -0.1) is 5.10 Å². The molecule has 0 saturated heterocycles. The second kappa shape index (κ2) is 5.83. The average Bonchev–Trinajstić information content (AvgIpc) is 2.94. The van der Waals surface area contributed by atoms with E-state index < -0.39 is 0 Å². The fourth-order valence-electron chi connectivity index (χ4n) is 3.31. The van der Waals surface area contributed by atoms with Gasteiger partial charge in [-0.05, 0) is 30.5 Å². The Labute approximate surface area is 145 Å². The summed E-state index contributed by atoms with van der Waals surface area (Å²) in [6.45, 7) is 2.09. The van der Waals surface area contributed by atoms with Gasteiger partial charge < -0.3 is 11.1 Å². The molecule has 122 valence electrons. The van der Waals surface area contributed by atoms with Gasteiger partial charge >= 0.3 is 0 Å². The number of anilines is 2. The topological polar surface area (TPSA) is 68.8 Å². The number of nitrogens with zero attached hydrogens (tertiary/aromatic N) is 3. The summed E-state index contributed by atoms with van der Waals surface area (Å²) in [7, 11) is 0. The normalized spacial score (nSPS) is 19.6. The molecule has 1 aromatic heterocycles. The highest BCUT2D eigenvalue weighted by atomic mass is 35.5. The molecule has 2 aromatic carbocycles. The van der Waals surface area contributed by atoms with Crippen molar-refractivity contribution in [2.45, 2.75) is 25.4 Å². The van der Waals surface area contributed by atoms with Crippen molar-refractivity contribution in [3.8, 4) is 0 Å². The molecule has 0 radical (unpaired) electrons. The van der Waals surface area contributed by atoms with Gasteiger partial charge in [0.25, 0.3) is 0 Å². The molecule has 5 nitrogen and oxygen atoms in total. The summed E-state index contributed by atoms with van der Waals surface area (Å²) in [5, 5.41) is 8.54. The highest BCUT2D eigenvalue weighted by Crippen LogP contribution is 2.39. The first-order chi connectivity index (χ1) is 11.6. The number of nitrogen functional groups attached to an aromatic ring is 1. The zero-order chi connectivity index (χ0) is 16.7. The van der Waals surface area contributed by atoms with Crippen molar-refractivity contribution < 1.29 is 0 Å². The molecular formula is C18H18ClN5. The monoisotopic (exact) mass is 339 g/mol. The molecule has 1 aliphatic heterocycles. The van der Waals surface area contributed by atoms with Crippen LogP contribution in [0.1, 0.15) is 35.2 Å². The second-order valence-electron chi connectivity index (χ2n) is 6.12. The van der Waals surface area contributed by atoms with Crippen LogP contribution in [0, 0.1) is 6.92 Å². The first-order valence-electron chi connectivity index (χ1n) is 7.91. The van der Waals surface area contributed by atoms with Crippen molar-refractivity contribution in [3.05, 3.63) is 70.2 Å². The first-order valence-corrected chi connectivity index (χ1v) is 8.29. The molecule has 3 N–H and O–H groups in total. The number of hydrogen-bond acceptors (Lipinski definition) is 4. The number of fused-ring (bicyclic) bond motifs is 1. The number of aryl methyl sites for hydroxylation is 1. The Hall–Kier alpha value is -2.53. The summed E-state index contributed by atoms with van der Waals surface area (Å²) < 4.78 is 1.87. The van der Waals surface area contributed by atoms with Crippen LogP contribution in [0.25, 0.3) is 0 Å². The largest absolute Gasteiger partial charge is 0.366 e. The first kappa shape index (κ1) is 15.0. The Morgan fingerprint density at radius 3 is 2.83 bits per heavy atom. The van der Waals surface area contributed by atoms with E-state index in [9.17, 15) is 0 Å². The van der Waals surface area contributed by atoms with Crippen LogP contribution in [0.4, 0.5) is 11.9 Å². The van der Waals surface area contributed by atoms with Crippen molar-refractivity contribution >= 4 is 23.5 Å². The Morgan fingerprint density at radius 1 is 1.21 bits per heavy atom. The summed E-state index contributed by atoms with van der Waals surface area (Å²) >= 11 is 6.40. The standard InChI is InChI=1S/C18H18ClN5/c1-11-5-4-6-12(9-11)16-10-15(13-7-2-3-8-14(13)19)21-18-22-17(20)23-24(16)18/h2-9,15-16H,10H2,1H3,(H3,20,21,22,23)/t15-,16+/m1/s1. The number of rotatable bonds is 2. The van der Waals surface area contributed by atoms with Gasteiger partial charge in [0.2, 0.25) is 11.9 Å². The van der Waals surface area contributed by atoms with Crippen LogP contribution in [0.3, 0.4) is 0 Å². The van der Waals surface area contributed by atoms with Crippen LogP contribution in [0.15, 0.2) is 48.5 Å². The summed E-state index contributed by atoms with van der Waals surface area (Å²) in [4.78, 5) is 4.33. The molecular weight excluding hydrogens is 322 g/mol. The highest BCUT2D eigenvalue weighted by Gasteiger charge is 2.31. The van der Waals surface area contributed by atoms with Crippen LogP contribution < -0.4 is 11.1 Å². The van der Waals surface area contributed by atoms with E-state index in [1.165, 1.54) is 11.1 Å². The summed E-state index contributed by atoms with van der Waals surface area (Å²) in [6.07, 6.45) is 0.822. The van der Waals surface area contributed by atoms with Gasteiger partial charge in [-0.3, -0.25) is 0 Å². The van der Waals surface area contributed by atoms with Gasteiger partial charge in [0.15, 0.2) is 0 Å². The van der Waals surface area contributed by atoms with Crippen molar-refractivity contribution in [2.75, 3.05) is 11.1 Å². The molecule has 6 heteroatoms. The van der Waals surface area contributed by atoms with Crippen LogP contribution in [0.2, 0.25) is 5.02 Å². The van der Waals surface area contributed by atoms with E-state index >= 15 is 0 Å². The molecule has 4 rings (SSSR count). The highest BCUT2D eigenvalue weighted by molar-refractivity contribution is 6.31. The zero-order valence-electron chi connectivity index (χ0n) is 13.3. The molecule has 0 aliphatic carbocycles. The van der Waals surface area contributed by atoms with E-state index in [1.807, 2.05) is 28.9 Å². The maximum atomic E-state index is 6.40. The Balaban J connectivity index is 1.79. The maximum absolute atomic E-state index is 6.40. The molecule has 1 aliphatic rings. The summed E-state index contributed by atoms with van der Waals surface area (Å²) in [5.41, 5.74) is 9.31. The second-order valence-corrected chi connectivity index (χ2v) is 6.53. The molecule has 0 fully saturated rings. The lowest BCUT2D eigenvalue weighted by atomic mass is 9.92. The van der Waals surface area contributed by atoms with Crippen molar-refractivity contribution in [2.24, 2.45) is 0 Å². The molecule has 0 unspecified atom stereocenters. The van der Waals surface area contributed by atoms with Crippen LogP contribution in [-0.4, -0.2) is 14.8 Å². The van der Waals surface area contributed by atoms with Crippen LogP contribution >= 0.6 is 11.6 Å².